The normalized spacial score (nSPS) is 19.1. The molecule has 0 atom stereocenters. The zero-order chi connectivity index (χ0) is 18.8. The van der Waals surface area contributed by atoms with E-state index in [1.54, 1.807) is 6.33 Å². The van der Waals surface area contributed by atoms with E-state index in [0.29, 0.717) is 29.9 Å². The van der Waals surface area contributed by atoms with Crippen molar-refractivity contribution >= 4 is 17.3 Å². The van der Waals surface area contributed by atoms with Gasteiger partial charge in [0.15, 0.2) is 11.6 Å². The lowest BCUT2D eigenvalue weighted by Crippen LogP contribution is -2.60. The molecule has 26 heavy (non-hydrogen) atoms. The van der Waals surface area contributed by atoms with Crippen LogP contribution in [0.1, 0.15) is 46.1 Å². The van der Waals surface area contributed by atoms with Crippen molar-refractivity contribution < 1.29 is 0 Å². The predicted molar refractivity (Wildman–Crippen MR) is 108 cm³/mol. The van der Waals surface area contributed by atoms with Crippen molar-refractivity contribution in [2.45, 2.75) is 64.2 Å². The molecule has 0 aliphatic carbocycles. The van der Waals surface area contributed by atoms with Gasteiger partial charge in [0, 0.05) is 23.7 Å². The van der Waals surface area contributed by atoms with Gasteiger partial charge < -0.3 is 21.7 Å². The van der Waals surface area contributed by atoms with Crippen LogP contribution in [-0.4, -0.2) is 27.1 Å². The Morgan fingerprint density at radius 2 is 1.65 bits per heavy atom. The van der Waals surface area contributed by atoms with Crippen LogP contribution in [0.2, 0.25) is 0 Å². The molecular formula is C20H30N6. The van der Waals surface area contributed by atoms with Crippen molar-refractivity contribution in [3.05, 3.63) is 42.2 Å². The van der Waals surface area contributed by atoms with E-state index >= 15 is 0 Å². The molecule has 3 rings (SSSR count). The van der Waals surface area contributed by atoms with E-state index in [2.05, 4.69) is 65.7 Å². The topological polar surface area (TPSA) is 87.9 Å². The maximum atomic E-state index is 6.33. The molecule has 2 heterocycles. The Kier molecular flexibility index (Phi) is 5.05. The fourth-order valence-corrected chi connectivity index (χ4v) is 4.05. The summed E-state index contributed by atoms with van der Waals surface area (Å²) in [6.07, 6.45) is 3.57. The summed E-state index contributed by atoms with van der Waals surface area (Å²) in [5, 5.41) is 10.5. The first kappa shape index (κ1) is 18.5. The van der Waals surface area contributed by atoms with E-state index in [-0.39, 0.29) is 11.1 Å². The molecule has 1 aromatic carbocycles. The molecule has 0 radical (unpaired) electrons. The van der Waals surface area contributed by atoms with Crippen molar-refractivity contribution in [2.24, 2.45) is 0 Å². The van der Waals surface area contributed by atoms with Crippen LogP contribution in [0.25, 0.3) is 0 Å². The van der Waals surface area contributed by atoms with E-state index in [9.17, 15) is 0 Å². The fraction of sp³-hybridized carbons (Fsp3) is 0.500. The Balaban J connectivity index is 1.71. The third kappa shape index (κ3) is 4.64. The highest BCUT2D eigenvalue weighted by molar-refractivity contribution is 5.74. The average molecular weight is 355 g/mol. The molecule has 0 spiro atoms. The zero-order valence-corrected chi connectivity index (χ0v) is 16.1. The monoisotopic (exact) mass is 354 g/mol. The molecule has 140 valence electrons. The number of nitrogens with zero attached hydrogens (tertiary/aromatic N) is 2. The summed E-state index contributed by atoms with van der Waals surface area (Å²) in [5.41, 5.74) is 8.21. The van der Waals surface area contributed by atoms with E-state index < -0.39 is 0 Å². The van der Waals surface area contributed by atoms with Crippen LogP contribution in [-0.2, 0) is 6.54 Å². The smallest absolute Gasteiger partial charge is 0.155 e. The van der Waals surface area contributed by atoms with Crippen LogP contribution >= 0.6 is 0 Å². The van der Waals surface area contributed by atoms with Gasteiger partial charge in [0.1, 0.15) is 12.0 Å². The van der Waals surface area contributed by atoms with E-state index in [1.165, 1.54) is 5.56 Å². The minimum atomic E-state index is 0.0651. The quantitative estimate of drug-likeness (QED) is 0.658. The molecule has 1 aliphatic heterocycles. The number of aromatic nitrogens is 2. The molecule has 0 unspecified atom stereocenters. The number of benzene rings is 1. The van der Waals surface area contributed by atoms with Gasteiger partial charge in [-0.05, 0) is 46.1 Å². The van der Waals surface area contributed by atoms with Gasteiger partial charge in [-0.25, -0.2) is 9.97 Å². The summed E-state index contributed by atoms with van der Waals surface area (Å²) >= 11 is 0. The van der Waals surface area contributed by atoms with Crippen molar-refractivity contribution in [3.63, 3.8) is 0 Å². The lowest BCUT2D eigenvalue weighted by atomic mass is 9.79. The van der Waals surface area contributed by atoms with Crippen LogP contribution in [0.4, 0.5) is 17.3 Å². The summed E-state index contributed by atoms with van der Waals surface area (Å²) in [7, 11) is 0. The van der Waals surface area contributed by atoms with Crippen molar-refractivity contribution in [3.8, 4) is 0 Å². The van der Waals surface area contributed by atoms with Gasteiger partial charge in [0.05, 0.1) is 0 Å². The number of anilines is 3. The summed E-state index contributed by atoms with van der Waals surface area (Å²) < 4.78 is 0. The van der Waals surface area contributed by atoms with Crippen molar-refractivity contribution in [1.29, 1.82) is 0 Å². The Hall–Kier alpha value is -2.34. The van der Waals surface area contributed by atoms with Crippen molar-refractivity contribution in [2.75, 3.05) is 16.4 Å². The van der Waals surface area contributed by atoms with Gasteiger partial charge in [0.25, 0.3) is 0 Å². The van der Waals surface area contributed by atoms with Crippen LogP contribution < -0.4 is 21.7 Å². The van der Waals surface area contributed by atoms with E-state index in [1.807, 2.05) is 18.2 Å². The number of nitrogens with two attached hydrogens (primary N) is 1. The lowest BCUT2D eigenvalue weighted by molar-refractivity contribution is 0.170. The first-order valence-corrected chi connectivity index (χ1v) is 9.18. The molecular weight excluding hydrogens is 324 g/mol. The molecule has 5 N–H and O–H groups in total. The van der Waals surface area contributed by atoms with Gasteiger partial charge in [-0.2, -0.15) is 0 Å². The van der Waals surface area contributed by atoms with Gasteiger partial charge >= 0.3 is 0 Å². The van der Waals surface area contributed by atoms with Gasteiger partial charge in [-0.1, -0.05) is 30.3 Å². The number of rotatable bonds is 5. The number of hydrogen-bond acceptors (Lipinski definition) is 6. The Morgan fingerprint density at radius 3 is 2.31 bits per heavy atom. The SMILES string of the molecule is CC1(C)CC(Nc2ncnc(NCc3ccccc3)c2N)CC(C)(C)N1. The summed E-state index contributed by atoms with van der Waals surface area (Å²) in [5.74, 6) is 1.37. The molecule has 1 fully saturated rings. The highest BCUT2D eigenvalue weighted by atomic mass is 15.1. The lowest BCUT2D eigenvalue weighted by Gasteiger charge is -2.46. The van der Waals surface area contributed by atoms with Gasteiger partial charge in [0.2, 0.25) is 0 Å². The Morgan fingerprint density at radius 1 is 1.04 bits per heavy atom. The van der Waals surface area contributed by atoms with Crippen molar-refractivity contribution in [1.82, 2.24) is 15.3 Å². The van der Waals surface area contributed by atoms with Crippen LogP contribution in [0.15, 0.2) is 36.7 Å². The predicted octanol–water partition coefficient (Wildman–Crippen LogP) is 3.39. The maximum absolute atomic E-state index is 6.33. The second kappa shape index (κ2) is 7.11. The minimum absolute atomic E-state index is 0.0651. The van der Waals surface area contributed by atoms with E-state index in [0.717, 1.165) is 12.8 Å². The molecule has 1 aliphatic rings. The molecule has 2 aromatic rings. The Labute approximate surface area is 156 Å². The third-order valence-corrected chi connectivity index (χ3v) is 4.72. The molecule has 6 heteroatoms. The summed E-state index contributed by atoms with van der Waals surface area (Å²) in [6, 6.07) is 10.5. The average Bonchev–Trinajstić information content (AvgIpc) is 2.54. The van der Waals surface area contributed by atoms with Crippen LogP contribution in [0.3, 0.4) is 0 Å². The minimum Gasteiger partial charge on any atom is -0.393 e. The Bertz CT molecular complexity index is 725. The maximum Gasteiger partial charge on any atom is 0.155 e. The molecule has 0 saturated carbocycles. The van der Waals surface area contributed by atoms with Gasteiger partial charge in [-0.3, -0.25) is 0 Å². The number of piperidine rings is 1. The fourth-order valence-electron chi connectivity index (χ4n) is 4.05. The van der Waals surface area contributed by atoms with Crippen LogP contribution in [0, 0.1) is 0 Å². The highest BCUT2D eigenvalue weighted by Gasteiger charge is 2.37. The summed E-state index contributed by atoms with van der Waals surface area (Å²) in [4.78, 5) is 8.68. The van der Waals surface area contributed by atoms with Gasteiger partial charge in [-0.15, -0.1) is 0 Å². The third-order valence-electron chi connectivity index (χ3n) is 4.72. The largest absolute Gasteiger partial charge is 0.393 e. The molecule has 6 nitrogen and oxygen atoms in total. The summed E-state index contributed by atoms with van der Waals surface area (Å²) in [6.45, 7) is 9.62. The second-order valence-electron chi connectivity index (χ2n) is 8.47. The first-order chi connectivity index (χ1) is 12.2. The van der Waals surface area contributed by atoms with Crippen LogP contribution in [0.5, 0.6) is 0 Å². The highest BCUT2D eigenvalue weighted by Crippen LogP contribution is 2.32. The molecule has 1 aromatic heterocycles. The molecule has 0 bridgehead atoms. The molecule has 1 saturated heterocycles. The number of hydrogen-bond donors (Lipinski definition) is 4. The second-order valence-corrected chi connectivity index (χ2v) is 8.47. The molecule has 0 amide bonds. The zero-order valence-electron chi connectivity index (χ0n) is 16.1. The number of nitrogen functional groups attached to an aromatic ring is 1. The first-order valence-electron chi connectivity index (χ1n) is 9.18. The standard InChI is InChI=1S/C20H30N6/c1-19(2)10-15(11-20(3,4)26-19)25-18-16(21)17(23-13-24-18)22-12-14-8-6-5-7-9-14/h5-9,13,15,26H,10-12,21H2,1-4H3,(H2,22,23,24,25). The van der Waals surface area contributed by atoms with E-state index in [4.69, 9.17) is 5.73 Å². The number of nitrogens with one attached hydrogen (secondary N) is 3.